The number of hydrogen-bond donors (Lipinski definition) is 1. The monoisotopic (exact) mass is 559 g/mol. The first-order valence-corrected chi connectivity index (χ1v) is 13.9. The van der Waals surface area contributed by atoms with Gasteiger partial charge >= 0.3 is 0 Å². The molecule has 0 aliphatic carbocycles. The van der Waals surface area contributed by atoms with Gasteiger partial charge in [0, 0.05) is 31.1 Å². The minimum atomic E-state index is -4.01. The Balaban J connectivity index is 1.96. The lowest BCUT2D eigenvalue weighted by Crippen LogP contribution is -2.53. The number of likely N-dealkylation sites (N-methyl/N-ethyl adjacent to an activating group) is 1. The van der Waals surface area contributed by atoms with Crippen molar-refractivity contribution in [2.45, 2.75) is 43.8 Å². The van der Waals surface area contributed by atoms with E-state index in [0.29, 0.717) is 10.6 Å². The predicted molar refractivity (Wildman–Crippen MR) is 145 cm³/mol. The molecule has 3 aromatic carbocycles. The SMILES string of the molecule is CC(C)NC(=O)C(Cc1ccccc1)N(Cc1ccc(F)cc1)C(=O)CN(C)S(=O)(=O)c1ccc(Cl)cc1. The highest BCUT2D eigenvalue weighted by Crippen LogP contribution is 2.20. The number of benzene rings is 3. The molecule has 0 saturated carbocycles. The van der Waals surface area contributed by atoms with Gasteiger partial charge in [0.05, 0.1) is 11.4 Å². The summed E-state index contributed by atoms with van der Waals surface area (Å²) >= 11 is 5.89. The molecule has 202 valence electrons. The van der Waals surface area contributed by atoms with Gasteiger partial charge in [0.1, 0.15) is 11.9 Å². The highest BCUT2D eigenvalue weighted by atomic mass is 35.5. The maximum absolute atomic E-state index is 13.7. The zero-order valence-electron chi connectivity index (χ0n) is 21.5. The van der Waals surface area contributed by atoms with Crippen LogP contribution >= 0.6 is 11.6 Å². The lowest BCUT2D eigenvalue weighted by molar-refractivity contribution is -0.141. The fraction of sp³-hybridized carbons (Fsp3) is 0.286. The Hall–Kier alpha value is -3.27. The average molecular weight is 560 g/mol. The van der Waals surface area contributed by atoms with E-state index in [1.54, 1.807) is 0 Å². The summed E-state index contributed by atoms with van der Waals surface area (Å²) in [6, 6.07) is 19.4. The normalized spacial score (nSPS) is 12.4. The molecule has 0 heterocycles. The fourth-order valence-electron chi connectivity index (χ4n) is 3.87. The van der Waals surface area contributed by atoms with E-state index in [9.17, 15) is 22.4 Å². The Morgan fingerprint density at radius 3 is 2.11 bits per heavy atom. The van der Waals surface area contributed by atoms with Crippen LogP contribution in [0, 0.1) is 5.82 Å². The molecule has 0 aliphatic rings. The van der Waals surface area contributed by atoms with Crippen molar-refractivity contribution in [3.05, 3.63) is 101 Å². The van der Waals surface area contributed by atoms with Crippen molar-refractivity contribution in [3.8, 4) is 0 Å². The molecule has 0 radical (unpaired) electrons. The van der Waals surface area contributed by atoms with Crippen molar-refractivity contribution in [1.82, 2.24) is 14.5 Å². The lowest BCUT2D eigenvalue weighted by atomic mass is 10.0. The molecule has 1 unspecified atom stereocenters. The van der Waals surface area contributed by atoms with Crippen LogP contribution < -0.4 is 5.32 Å². The Morgan fingerprint density at radius 1 is 0.921 bits per heavy atom. The smallest absolute Gasteiger partial charge is 0.243 e. The maximum Gasteiger partial charge on any atom is 0.243 e. The highest BCUT2D eigenvalue weighted by Gasteiger charge is 2.33. The Labute approximate surface area is 228 Å². The highest BCUT2D eigenvalue weighted by molar-refractivity contribution is 7.89. The molecule has 0 bridgehead atoms. The molecule has 10 heteroatoms. The van der Waals surface area contributed by atoms with Crippen molar-refractivity contribution >= 4 is 33.4 Å². The van der Waals surface area contributed by atoms with Crippen LogP contribution in [-0.4, -0.2) is 55.1 Å². The van der Waals surface area contributed by atoms with Gasteiger partial charge < -0.3 is 10.2 Å². The van der Waals surface area contributed by atoms with Crippen LogP contribution in [0.25, 0.3) is 0 Å². The second-order valence-corrected chi connectivity index (χ2v) is 11.7. The second-order valence-electron chi connectivity index (χ2n) is 9.23. The van der Waals surface area contributed by atoms with Crippen molar-refractivity contribution in [3.63, 3.8) is 0 Å². The van der Waals surface area contributed by atoms with E-state index in [1.807, 2.05) is 44.2 Å². The topological polar surface area (TPSA) is 86.8 Å². The standard InChI is InChI=1S/C28H31ClFN3O4S/c1-20(2)31-28(35)26(17-21-7-5-4-6-8-21)33(18-22-9-13-24(30)14-10-22)27(34)19-32(3)38(36,37)25-15-11-23(29)12-16-25/h4-16,20,26H,17-19H2,1-3H3,(H,31,35). The summed E-state index contributed by atoms with van der Waals surface area (Å²) in [6.45, 7) is 3.11. The molecule has 3 aromatic rings. The van der Waals surface area contributed by atoms with Gasteiger partial charge in [-0.3, -0.25) is 9.59 Å². The van der Waals surface area contributed by atoms with Gasteiger partial charge in [-0.05, 0) is 61.4 Å². The van der Waals surface area contributed by atoms with Gasteiger partial charge in [0.15, 0.2) is 0 Å². The van der Waals surface area contributed by atoms with Crippen LogP contribution in [0.2, 0.25) is 5.02 Å². The Kier molecular flexibility index (Phi) is 10.0. The summed E-state index contributed by atoms with van der Waals surface area (Å²) in [5.74, 6) is -1.38. The summed E-state index contributed by atoms with van der Waals surface area (Å²) in [5.41, 5.74) is 1.42. The van der Waals surface area contributed by atoms with E-state index < -0.39 is 34.3 Å². The predicted octanol–water partition coefficient (Wildman–Crippen LogP) is 4.26. The number of amides is 2. The van der Waals surface area contributed by atoms with Crippen LogP contribution in [0.15, 0.2) is 83.8 Å². The number of rotatable bonds is 11. The van der Waals surface area contributed by atoms with Gasteiger partial charge in [0.2, 0.25) is 21.8 Å². The zero-order chi connectivity index (χ0) is 27.9. The summed E-state index contributed by atoms with van der Waals surface area (Å²) < 4.78 is 40.8. The third-order valence-electron chi connectivity index (χ3n) is 5.85. The largest absolute Gasteiger partial charge is 0.352 e. The number of nitrogens with one attached hydrogen (secondary N) is 1. The molecular weight excluding hydrogens is 529 g/mol. The summed E-state index contributed by atoms with van der Waals surface area (Å²) in [7, 11) is -2.71. The number of hydrogen-bond acceptors (Lipinski definition) is 4. The van der Waals surface area contributed by atoms with Crippen molar-refractivity contribution in [2.24, 2.45) is 0 Å². The van der Waals surface area contributed by atoms with E-state index in [4.69, 9.17) is 11.6 Å². The lowest BCUT2D eigenvalue weighted by Gasteiger charge is -2.33. The third-order valence-corrected chi connectivity index (χ3v) is 7.92. The molecule has 0 fully saturated rings. The van der Waals surface area contributed by atoms with E-state index in [2.05, 4.69) is 5.32 Å². The van der Waals surface area contributed by atoms with E-state index >= 15 is 0 Å². The molecule has 0 aromatic heterocycles. The molecule has 1 N–H and O–H groups in total. The Bertz CT molecular complexity index is 1330. The van der Waals surface area contributed by atoms with Crippen molar-refractivity contribution < 1.29 is 22.4 Å². The molecule has 3 rings (SSSR count). The maximum atomic E-state index is 13.7. The van der Waals surface area contributed by atoms with E-state index in [0.717, 1.165) is 9.87 Å². The molecule has 38 heavy (non-hydrogen) atoms. The fourth-order valence-corrected chi connectivity index (χ4v) is 5.12. The van der Waals surface area contributed by atoms with Crippen LogP contribution in [0.3, 0.4) is 0 Å². The summed E-state index contributed by atoms with van der Waals surface area (Å²) in [6.07, 6.45) is 0.208. The van der Waals surface area contributed by atoms with Crippen molar-refractivity contribution in [2.75, 3.05) is 13.6 Å². The number of carbonyl (C=O) groups excluding carboxylic acids is 2. The van der Waals surface area contributed by atoms with E-state index in [1.165, 1.54) is 60.5 Å². The van der Waals surface area contributed by atoms with Gasteiger partial charge in [-0.25, -0.2) is 12.8 Å². The first-order chi connectivity index (χ1) is 18.0. The number of carbonyl (C=O) groups is 2. The van der Waals surface area contributed by atoms with Crippen LogP contribution in [-0.2, 0) is 32.6 Å². The zero-order valence-corrected chi connectivity index (χ0v) is 23.0. The molecule has 2 amide bonds. The first-order valence-electron chi connectivity index (χ1n) is 12.1. The van der Waals surface area contributed by atoms with Gasteiger partial charge in [-0.15, -0.1) is 0 Å². The molecule has 0 saturated heterocycles. The molecular formula is C28H31ClFN3O4S. The van der Waals surface area contributed by atoms with E-state index in [-0.39, 0.29) is 29.8 Å². The van der Waals surface area contributed by atoms with Crippen LogP contribution in [0.4, 0.5) is 4.39 Å². The summed E-state index contributed by atoms with van der Waals surface area (Å²) in [4.78, 5) is 28.4. The first kappa shape index (κ1) is 29.3. The van der Waals surface area contributed by atoms with Crippen LogP contribution in [0.5, 0.6) is 0 Å². The quantitative estimate of drug-likeness (QED) is 0.380. The molecule has 0 aliphatic heterocycles. The minimum Gasteiger partial charge on any atom is -0.352 e. The van der Waals surface area contributed by atoms with Crippen molar-refractivity contribution in [1.29, 1.82) is 0 Å². The summed E-state index contributed by atoms with van der Waals surface area (Å²) in [5, 5.41) is 3.25. The Morgan fingerprint density at radius 2 is 1.53 bits per heavy atom. The van der Waals surface area contributed by atoms with Gasteiger partial charge in [-0.2, -0.15) is 4.31 Å². The second kappa shape index (κ2) is 13.0. The molecule has 0 spiro atoms. The average Bonchev–Trinajstić information content (AvgIpc) is 2.87. The van der Waals surface area contributed by atoms with Gasteiger partial charge in [0.25, 0.3) is 0 Å². The third kappa shape index (κ3) is 7.86. The van der Waals surface area contributed by atoms with Gasteiger partial charge in [-0.1, -0.05) is 54.1 Å². The number of halogens is 2. The molecule has 1 atom stereocenters. The van der Waals surface area contributed by atoms with Crippen LogP contribution in [0.1, 0.15) is 25.0 Å². The molecule has 7 nitrogen and oxygen atoms in total. The number of nitrogens with zero attached hydrogens (tertiary/aromatic N) is 2. The minimum absolute atomic E-state index is 0.0133. The number of sulfonamides is 1.